The zero-order valence-electron chi connectivity index (χ0n) is 10.9. The lowest BCUT2D eigenvalue weighted by molar-refractivity contribution is 0.0911. The number of sulfonamides is 1. The molecule has 0 radical (unpaired) electrons. The number of piperidine rings is 1. The average Bonchev–Trinajstić information content (AvgIpc) is 2.39. The van der Waals surface area contributed by atoms with Crippen LogP contribution in [0, 0.1) is 5.92 Å². The Kier molecular flexibility index (Phi) is 4.13. The SMILES string of the molecule is CC(O)C1CCN(S(=O)(=O)c2ccccc2O)CC1. The number of phenols is 1. The maximum Gasteiger partial charge on any atom is 0.246 e. The maximum absolute atomic E-state index is 12.4. The van der Waals surface area contributed by atoms with Gasteiger partial charge in [-0.05, 0) is 37.8 Å². The molecule has 1 fully saturated rings. The highest BCUT2D eigenvalue weighted by Crippen LogP contribution is 2.29. The quantitative estimate of drug-likeness (QED) is 0.874. The zero-order chi connectivity index (χ0) is 14.0. The van der Waals surface area contributed by atoms with Gasteiger partial charge in [0.2, 0.25) is 10.0 Å². The van der Waals surface area contributed by atoms with Gasteiger partial charge in [-0.1, -0.05) is 12.1 Å². The summed E-state index contributed by atoms with van der Waals surface area (Å²) in [6.07, 6.45) is 0.879. The van der Waals surface area contributed by atoms with Crippen molar-refractivity contribution in [1.82, 2.24) is 4.31 Å². The molecule has 2 N–H and O–H groups in total. The Morgan fingerprint density at radius 1 is 1.26 bits per heavy atom. The summed E-state index contributed by atoms with van der Waals surface area (Å²) in [6, 6.07) is 5.96. The minimum absolute atomic E-state index is 0.0505. The number of aromatic hydroxyl groups is 1. The van der Waals surface area contributed by atoms with Crippen LogP contribution in [0.15, 0.2) is 29.2 Å². The van der Waals surface area contributed by atoms with Gasteiger partial charge in [0, 0.05) is 13.1 Å². The van der Waals surface area contributed by atoms with E-state index in [-0.39, 0.29) is 16.6 Å². The highest BCUT2D eigenvalue weighted by atomic mass is 32.2. The highest BCUT2D eigenvalue weighted by molar-refractivity contribution is 7.89. The van der Waals surface area contributed by atoms with E-state index in [0.717, 1.165) is 0 Å². The van der Waals surface area contributed by atoms with Gasteiger partial charge in [-0.3, -0.25) is 0 Å². The molecule has 1 aliphatic heterocycles. The molecule has 1 saturated heterocycles. The summed E-state index contributed by atoms with van der Waals surface area (Å²) in [5.41, 5.74) is 0. The van der Waals surface area contributed by atoms with Crippen LogP contribution in [0.2, 0.25) is 0 Å². The van der Waals surface area contributed by atoms with Gasteiger partial charge in [0.05, 0.1) is 6.10 Å². The first-order chi connectivity index (χ1) is 8.93. The molecule has 1 aliphatic rings. The van der Waals surface area contributed by atoms with Crippen LogP contribution >= 0.6 is 0 Å². The van der Waals surface area contributed by atoms with Gasteiger partial charge in [0.25, 0.3) is 0 Å². The van der Waals surface area contributed by atoms with E-state index in [1.807, 2.05) is 0 Å². The van der Waals surface area contributed by atoms with Crippen LogP contribution in [-0.2, 0) is 10.0 Å². The van der Waals surface area contributed by atoms with Crippen molar-refractivity contribution in [3.63, 3.8) is 0 Å². The molecule has 0 bridgehead atoms. The van der Waals surface area contributed by atoms with Gasteiger partial charge >= 0.3 is 0 Å². The van der Waals surface area contributed by atoms with Crippen LogP contribution in [0.25, 0.3) is 0 Å². The second-order valence-corrected chi connectivity index (χ2v) is 6.86. The zero-order valence-corrected chi connectivity index (χ0v) is 11.7. The van der Waals surface area contributed by atoms with E-state index in [9.17, 15) is 18.6 Å². The van der Waals surface area contributed by atoms with Crippen molar-refractivity contribution in [3.8, 4) is 5.75 Å². The van der Waals surface area contributed by atoms with Gasteiger partial charge in [0.1, 0.15) is 10.6 Å². The van der Waals surface area contributed by atoms with Crippen molar-refractivity contribution in [2.45, 2.75) is 30.8 Å². The Bertz CT molecular complexity index is 533. The predicted octanol–water partition coefficient (Wildman–Crippen LogP) is 1.17. The normalized spacial score (nSPS) is 20.3. The Labute approximate surface area is 113 Å². The monoisotopic (exact) mass is 285 g/mol. The summed E-state index contributed by atoms with van der Waals surface area (Å²) in [5, 5.41) is 19.2. The number of hydrogen-bond donors (Lipinski definition) is 2. The Morgan fingerprint density at radius 2 is 1.84 bits per heavy atom. The fourth-order valence-corrected chi connectivity index (χ4v) is 3.97. The number of aliphatic hydroxyl groups is 1. The number of para-hydroxylation sites is 1. The van der Waals surface area contributed by atoms with Gasteiger partial charge in [-0.15, -0.1) is 0 Å². The molecule has 1 unspecified atom stereocenters. The second kappa shape index (κ2) is 5.48. The lowest BCUT2D eigenvalue weighted by Gasteiger charge is -2.32. The molecule has 1 aromatic carbocycles. The molecule has 1 aromatic rings. The Hall–Kier alpha value is -1.11. The summed E-state index contributed by atoms with van der Waals surface area (Å²) in [7, 11) is -3.64. The largest absolute Gasteiger partial charge is 0.507 e. The minimum atomic E-state index is -3.64. The summed E-state index contributed by atoms with van der Waals surface area (Å²) in [5.74, 6) is -0.0732. The first kappa shape index (κ1) is 14.3. The third-order valence-electron chi connectivity index (χ3n) is 3.66. The van der Waals surface area contributed by atoms with Crippen molar-refractivity contribution in [2.75, 3.05) is 13.1 Å². The van der Waals surface area contributed by atoms with Crippen molar-refractivity contribution >= 4 is 10.0 Å². The molecule has 1 atom stereocenters. The van der Waals surface area contributed by atoms with E-state index in [0.29, 0.717) is 25.9 Å². The van der Waals surface area contributed by atoms with E-state index in [2.05, 4.69) is 0 Å². The molecule has 19 heavy (non-hydrogen) atoms. The topological polar surface area (TPSA) is 77.8 Å². The summed E-state index contributed by atoms with van der Waals surface area (Å²) >= 11 is 0. The Morgan fingerprint density at radius 3 is 2.37 bits per heavy atom. The van der Waals surface area contributed by atoms with E-state index in [1.54, 1.807) is 19.1 Å². The third kappa shape index (κ3) is 2.91. The fourth-order valence-electron chi connectivity index (χ4n) is 2.41. The highest BCUT2D eigenvalue weighted by Gasteiger charge is 2.32. The van der Waals surface area contributed by atoms with Crippen LogP contribution in [0.1, 0.15) is 19.8 Å². The molecule has 0 spiro atoms. The molecule has 0 aromatic heterocycles. The molecule has 0 saturated carbocycles. The van der Waals surface area contributed by atoms with Gasteiger partial charge in [-0.25, -0.2) is 8.42 Å². The van der Waals surface area contributed by atoms with Gasteiger partial charge in [0.15, 0.2) is 0 Å². The number of phenolic OH excluding ortho intramolecular Hbond substituents is 1. The summed E-state index contributed by atoms with van der Waals surface area (Å²) in [6.45, 7) is 2.50. The number of rotatable bonds is 3. The van der Waals surface area contributed by atoms with E-state index in [4.69, 9.17) is 0 Å². The van der Waals surface area contributed by atoms with Crippen LogP contribution < -0.4 is 0 Å². The average molecular weight is 285 g/mol. The Balaban J connectivity index is 2.17. The lowest BCUT2D eigenvalue weighted by Crippen LogP contribution is -2.40. The van der Waals surface area contributed by atoms with E-state index in [1.165, 1.54) is 16.4 Å². The van der Waals surface area contributed by atoms with Gasteiger partial charge in [-0.2, -0.15) is 4.31 Å². The number of nitrogens with zero attached hydrogens (tertiary/aromatic N) is 1. The standard InChI is InChI=1S/C13H19NO4S/c1-10(15)11-6-8-14(9-7-11)19(17,18)13-5-3-2-4-12(13)16/h2-5,10-11,15-16H,6-9H2,1H3. The van der Waals surface area contributed by atoms with Crippen molar-refractivity contribution < 1.29 is 18.6 Å². The number of hydrogen-bond acceptors (Lipinski definition) is 4. The molecule has 106 valence electrons. The smallest absolute Gasteiger partial charge is 0.246 e. The number of aliphatic hydroxyl groups excluding tert-OH is 1. The predicted molar refractivity (Wildman–Crippen MR) is 71.3 cm³/mol. The molecule has 2 rings (SSSR count). The van der Waals surface area contributed by atoms with Crippen LogP contribution in [-0.4, -0.2) is 42.1 Å². The van der Waals surface area contributed by atoms with Crippen molar-refractivity contribution in [3.05, 3.63) is 24.3 Å². The first-order valence-corrected chi connectivity index (χ1v) is 7.83. The van der Waals surface area contributed by atoms with Crippen LogP contribution in [0.3, 0.4) is 0 Å². The first-order valence-electron chi connectivity index (χ1n) is 6.39. The molecular weight excluding hydrogens is 266 g/mol. The molecule has 0 amide bonds. The third-order valence-corrected chi connectivity index (χ3v) is 5.61. The van der Waals surface area contributed by atoms with Gasteiger partial charge < -0.3 is 10.2 Å². The number of benzene rings is 1. The van der Waals surface area contributed by atoms with E-state index < -0.39 is 16.1 Å². The van der Waals surface area contributed by atoms with Crippen LogP contribution in [0.4, 0.5) is 0 Å². The van der Waals surface area contributed by atoms with Crippen LogP contribution in [0.5, 0.6) is 5.75 Å². The molecule has 1 heterocycles. The minimum Gasteiger partial charge on any atom is -0.507 e. The fraction of sp³-hybridized carbons (Fsp3) is 0.538. The summed E-state index contributed by atoms with van der Waals surface area (Å²) in [4.78, 5) is -0.0505. The molecule has 0 aliphatic carbocycles. The maximum atomic E-state index is 12.4. The summed E-state index contributed by atoms with van der Waals surface area (Å²) < 4.78 is 26.2. The van der Waals surface area contributed by atoms with Crippen molar-refractivity contribution in [2.24, 2.45) is 5.92 Å². The van der Waals surface area contributed by atoms with Crippen molar-refractivity contribution in [1.29, 1.82) is 0 Å². The van der Waals surface area contributed by atoms with E-state index >= 15 is 0 Å². The lowest BCUT2D eigenvalue weighted by atomic mass is 9.93. The molecule has 6 heteroatoms. The second-order valence-electron chi connectivity index (χ2n) is 4.95. The molecule has 5 nitrogen and oxygen atoms in total. The molecular formula is C13H19NO4S.